The van der Waals surface area contributed by atoms with Gasteiger partial charge in [-0.05, 0) is 57.8 Å². The van der Waals surface area contributed by atoms with E-state index in [0.717, 1.165) is 26.5 Å². The molecule has 0 spiro atoms. The topological polar surface area (TPSA) is 165 Å². The second kappa shape index (κ2) is 17.8. The summed E-state index contributed by atoms with van der Waals surface area (Å²) in [5.41, 5.74) is -1.86. The van der Waals surface area contributed by atoms with Gasteiger partial charge in [0.1, 0.15) is 19.8 Å². The molecule has 0 aliphatic rings. The Kier molecular flexibility index (Phi) is 14.8. The first kappa shape index (κ1) is 28.3. The number of nitriles is 3. The van der Waals surface area contributed by atoms with Gasteiger partial charge in [0.2, 0.25) is 0 Å². The van der Waals surface area contributed by atoms with Gasteiger partial charge in [-0.2, -0.15) is 15.8 Å². The van der Waals surface area contributed by atoms with Gasteiger partial charge < -0.3 is 14.2 Å². The Balaban J connectivity index is 2.89. The molecule has 1 rings (SSSR count). The molecular weight excluding hydrogens is 444 g/mol. The van der Waals surface area contributed by atoms with Gasteiger partial charge in [-0.1, -0.05) is 6.42 Å². The first-order valence-corrected chi connectivity index (χ1v) is 11.6. The average Bonchev–Trinajstić information content (AvgIpc) is 2.83. The minimum absolute atomic E-state index is 0.173. The lowest BCUT2D eigenvalue weighted by Crippen LogP contribution is -2.54. The summed E-state index contributed by atoms with van der Waals surface area (Å²) in [6.07, 6.45) is 11.3. The highest BCUT2D eigenvalue weighted by molar-refractivity contribution is 4.79. The van der Waals surface area contributed by atoms with Crippen LogP contribution >= 0.6 is 0 Å². The molecule has 1 aromatic rings. The highest BCUT2D eigenvalue weighted by atomic mass is 16.5. The van der Waals surface area contributed by atoms with E-state index in [-0.39, 0.29) is 32.8 Å². The van der Waals surface area contributed by atoms with E-state index >= 15 is 0 Å². The molecule has 0 N–H and O–H groups in total. The van der Waals surface area contributed by atoms with Crippen LogP contribution in [0.5, 0.6) is 0 Å². The van der Waals surface area contributed by atoms with Crippen LogP contribution < -0.4 is 17.1 Å². The molecule has 0 aliphatic carbocycles. The molecule has 186 valence electrons. The molecular formula is C22H32N6O6. The van der Waals surface area contributed by atoms with Gasteiger partial charge in [0, 0.05) is 19.6 Å². The summed E-state index contributed by atoms with van der Waals surface area (Å²) in [6.45, 7) is 1.45. The van der Waals surface area contributed by atoms with Crippen molar-refractivity contribution in [3.05, 3.63) is 31.5 Å². The van der Waals surface area contributed by atoms with E-state index < -0.39 is 17.1 Å². The third-order valence-electron chi connectivity index (χ3n) is 5.21. The lowest BCUT2D eigenvalue weighted by atomic mass is 10.2. The predicted molar refractivity (Wildman–Crippen MR) is 120 cm³/mol. The van der Waals surface area contributed by atoms with Crippen molar-refractivity contribution >= 4 is 0 Å². The monoisotopic (exact) mass is 476 g/mol. The molecule has 12 nitrogen and oxygen atoms in total. The van der Waals surface area contributed by atoms with E-state index in [4.69, 9.17) is 15.8 Å². The Morgan fingerprint density at radius 2 is 0.735 bits per heavy atom. The van der Waals surface area contributed by atoms with Gasteiger partial charge >= 0.3 is 17.1 Å². The van der Waals surface area contributed by atoms with Crippen LogP contribution in [0.4, 0.5) is 0 Å². The van der Waals surface area contributed by atoms with Crippen molar-refractivity contribution in [2.75, 3.05) is 19.8 Å². The molecule has 0 fully saturated rings. The van der Waals surface area contributed by atoms with Gasteiger partial charge in [0.25, 0.3) is 18.8 Å². The third-order valence-corrected chi connectivity index (χ3v) is 5.21. The van der Waals surface area contributed by atoms with Crippen molar-refractivity contribution in [1.29, 1.82) is 15.8 Å². The van der Waals surface area contributed by atoms with Gasteiger partial charge in [-0.15, -0.1) is 0 Å². The van der Waals surface area contributed by atoms with E-state index in [2.05, 4.69) is 14.2 Å². The fourth-order valence-electron chi connectivity index (χ4n) is 3.43. The van der Waals surface area contributed by atoms with Crippen LogP contribution in [0, 0.1) is 34.6 Å². The van der Waals surface area contributed by atoms with Crippen molar-refractivity contribution in [2.24, 2.45) is 0 Å². The normalized spacial score (nSPS) is 10.1. The van der Waals surface area contributed by atoms with Crippen LogP contribution in [0.25, 0.3) is 0 Å². The van der Waals surface area contributed by atoms with Crippen molar-refractivity contribution in [2.45, 2.75) is 83.8 Å². The van der Waals surface area contributed by atoms with E-state index in [0.29, 0.717) is 58.0 Å². The van der Waals surface area contributed by atoms with Crippen molar-refractivity contribution in [3.8, 4) is 18.8 Å². The summed E-state index contributed by atoms with van der Waals surface area (Å²) in [6, 6.07) is 0. The van der Waals surface area contributed by atoms with Crippen LogP contribution in [0.15, 0.2) is 14.4 Å². The highest BCUT2D eigenvalue weighted by Crippen LogP contribution is 2.02. The van der Waals surface area contributed by atoms with Gasteiger partial charge in [-0.3, -0.25) is 0 Å². The Labute approximate surface area is 198 Å². The molecule has 0 saturated heterocycles. The molecule has 1 heterocycles. The van der Waals surface area contributed by atoms with Crippen molar-refractivity contribution in [1.82, 2.24) is 13.7 Å². The Hall–Kier alpha value is -3.72. The fraction of sp³-hybridized carbons (Fsp3) is 0.727. The molecule has 0 aromatic carbocycles. The molecule has 12 heteroatoms. The van der Waals surface area contributed by atoms with Crippen LogP contribution in [0.3, 0.4) is 0 Å². The van der Waals surface area contributed by atoms with Gasteiger partial charge in [0.05, 0.1) is 0 Å². The molecule has 0 unspecified atom stereocenters. The summed E-state index contributed by atoms with van der Waals surface area (Å²) in [7, 11) is 0. The van der Waals surface area contributed by atoms with E-state index in [9.17, 15) is 14.4 Å². The predicted octanol–water partition coefficient (Wildman–Crippen LogP) is 1.57. The minimum Gasteiger partial charge on any atom is -0.428 e. The van der Waals surface area contributed by atoms with E-state index in [1.807, 2.05) is 0 Å². The number of rotatable bonds is 19. The molecule has 34 heavy (non-hydrogen) atoms. The third kappa shape index (κ3) is 10.3. The number of hydrogen-bond donors (Lipinski definition) is 0. The zero-order valence-electron chi connectivity index (χ0n) is 19.4. The maximum Gasteiger partial charge on any atom is 0.336 e. The zero-order valence-corrected chi connectivity index (χ0v) is 19.4. The molecule has 0 bridgehead atoms. The summed E-state index contributed by atoms with van der Waals surface area (Å²) in [5, 5.41) is 25.2. The Bertz CT molecular complexity index is 959. The minimum atomic E-state index is -0.624. The first-order valence-electron chi connectivity index (χ1n) is 11.6. The number of ether oxygens (including phenoxy) is 3. The number of nitrogens with zero attached hydrogens (tertiary/aromatic N) is 6. The maximum absolute atomic E-state index is 12.9. The van der Waals surface area contributed by atoms with Crippen LogP contribution in [0.2, 0.25) is 0 Å². The second-order valence-electron chi connectivity index (χ2n) is 7.66. The second-order valence-corrected chi connectivity index (χ2v) is 7.66. The number of hydrogen-bond acceptors (Lipinski definition) is 9. The lowest BCUT2D eigenvalue weighted by molar-refractivity contribution is 0.258. The van der Waals surface area contributed by atoms with Crippen LogP contribution in [0.1, 0.15) is 64.2 Å². The molecule has 0 saturated carbocycles. The van der Waals surface area contributed by atoms with Crippen molar-refractivity contribution in [3.63, 3.8) is 0 Å². The summed E-state index contributed by atoms with van der Waals surface area (Å²) >= 11 is 0. The fourth-order valence-corrected chi connectivity index (χ4v) is 3.43. The summed E-state index contributed by atoms with van der Waals surface area (Å²) in [5.74, 6) is 0. The maximum atomic E-state index is 12.9. The van der Waals surface area contributed by atoms with Crippen molar-refractivity contribution < 1.29 is 14.2 Å². The van der Waals surface area contributed by atoms with Gasteiger partial charge in [0.15, 0.2) is 0 Å². The molecule has 1 aromatic heterocycles. The number of aromatic nitrogens is 3. The summed E-state index contributed by atoms with van der Waals surface area (Å²) in [4.78, 5) is 38.8. The summed E-state index contributed by atoms with van der Waals surface area (Å²) < 4.78 is 17.2. The largest absolute Gasteiger partial charge is 0.428 e. The Morgan fingerprint density at radius 1 is 0.471 bits per heavy atom. The smallest absolute Gasteiger partial charge is 0.336 e. The Morgan fingerprint density at radius 3 is 1.03 bits per heavy atom. The lowest BCUT2D eigenvalue weighted by Gasteiger charge is -2.14. The van der Waals surface area contributed by atoms with Gasteiger partial charge in [-0.25, -0.2) is 28.1 Å². The number of unbranched alkanes of at least 4 members (excludes halogenated alkanes) is 7. The highest BCUT2D eigenvalue weighted by Gasteiger charge is 2.15. The molecule has 0 radical (unpaired) electrons. The molecule has 0 amide bonds. The van der Waals surface area contributed by atoms with E-state index in [1.165, 1.54) is 0 Å². The molecule has 0 atom stereocenters. The SMILES string of the molecule is N#COCCCCCCn1c(=O)n(CCCCCOC#N)c(=O)n(CCCCCOC#N)c1=O. The van der Waals surface area contributed by atoms with Crippen LogP contribution in [-0.2, 0) is 33.8 Å². The average molecular weight is 477 g/mol. The zero-order chi connectivity index (χ0) is 25.0. The van der Waals surface area contributed by atoms with Crippen LogP contribution in [-0.4, -0.2) is 33.5 Å². The quantitative estimate of drug-likeness (QED) is 0.213. The van der Waals surface area contributed by atoms with E-state index in [1.54, 1.807) is 18.8 Å². The first-order chi connectivity index (χ1) is 16.6. The molecule has 0 aliphatic heterocycles. The standard InChI is InChI=1S/C22H32N6O6/c23-17-32-14-8-2-1-5-11-26-20(29)27(12-6-3-9-15-33-18-24)22(31)28(21(26)30)13-7-4-10-16-34-19-25/h1-16H2.